The summed E-state index contributed by atoms with van der Waals surface area (Å²) in [5.41, 5.74) is 3.46. The van der Waals surface area contributed by atoms with Gasteiger partial charge in [0.25, 0.3) is 0 Å². The van der Waals surface area contributed by atoms with Crippen molar-refractivity contribution < 1.29 is 4.39 Å². The number of benzene rings is 2. The molecule has 0 heterocycles. The highest BCUT2D eigenvalue weighted by atomic mass is 19.1. The van der Waals surface area contributed by atoms with Crippen LogP contribution in [0, 0.1) is 5.82 Å². The van der Waals surface area contributed by atoms with Crippen LogP contribution in [0.1, 0.15) is 24.8 Å². The Labute approximate surface area is 126 Å². The first-order valence-electron chi connectivity index (χ1n) is 7.40. The first kappa shape index (κ1) is 15.2. The summed E-state index contributed by atoms with van der Waals surface area (Å²) in [5.74, 6) is -0.197. The lowest BCUT2D eigenvalue weighted by Crippen LogP contribution is -1.83. The molecule has 0 fully saturated rings. The molecule has 0 aliphatic heterocycles. The van der Waals surface area contributed by atoms with Crippen LogP contribution in [-0.2, 0) is 6.42 Å². The highest BCUT2D eigenvalue weighted by molar-refractivity contribution is 5.63. The van der Waals surface area contributed by atoms with Gasteiger partial charge in [-0.05, 0) is 54.5 Å². The summed E-state index contributed by atoms with van der Waals surface area (Å²) in [7, 11) is 0. The highest BCUT2D eigenvalue weighted by Gasteiger charge is 1.98. The zero-order chi connectivity index (χ0) is 14.9. The second-order valence-electron chi connectivity index (χ2n) is 5.10. The molecule has 2 aromatic rings. The van der Waals surface area contributed by atoms with Gasteiger partial charge in [0.1, 0.15) is 5.82 Å². The smallest absolute Gasteiger partial charge is 0.123 e. The summed E-state index contributed by atoms with van der Waals surface area (Å²) in [5, 5.41) is 0. The van der Waals surface area contributed by atoms with Crippen molar-refractivity contribution in [2.24, 2.45) is 0 Å². The molecule has 21 heavy (non-hydrogen) atoms. The van der Waals surface area contributed by atoms with Gasteiger partial charge in [-0.3, -0.25) is 0 Å². The average molecular weight is 280 g/mol. The summed E-state index contributed by atoms with van der Waals surface area (Å²) in [6, 6.07) is 15.1. The number of hydrogen-bond donors (Lipinski definition) is 0. The van der Waals surface area contributed by atoms with Gasteiger partial charge in [-0.2, -0.15) is 0 Å². The Morgan fingerprint density at radius 1 is 0.810 bits per heavy atom. The van der Waals surface area contributed by atoms with Crippen molar-refractivity contribution in [3.05, 3.63) is 84.7 Å². The van der Waals surface area contributed by atoms with Crippen molar-refractivity contribution in [3.8, 4) is 11.1 Å². The van der Waals surface area contributed by atoms with Crippen LogP contribution in [0.3, 0.4) is 0 Å². The maximum atomic E-state index is 12.9. The van der Waals surface area contributed by atoms with E-state index < -0.39 is 0 Å². The van der Waals surface area contributed by atoms with Gasteiger partial charge in [-0.1, -0.05) is 54.6 Å². The van der Waals surface area contributed by atoms with Gasteiger partial charge in [0, 0.05) is 0 Å². The SMILES string of the molecule is C=CCCCC=CCc1ccc(-c2ccc(F)cc2)cc1. The normalized spacial score (nSPS) is 10.9. The average Bonchev–Trinajstić information content (AvgIpc) is 2.52. The van der Waals surface area contributed by atoms with Crippen LogP contribution >= 0.6 is 0 Å². The fraction of sp³-hybridized carbons (Fsp3) is 0.200. The van der Waals surface area contributed by atoms with Crippen molar-refractivity contribution in [2.75, 3.05) is 0 Å². The van der Waals surface area contributed by atoms with Gasteiger partial charge >= 0.3 is 0 Å². The molecule has 2 rings (SSSR count). The molecule has 0 saturated carbocycles. The standard InChI is InChI=1S/C20H21F/c1-2-3-4-5-6-7-8-17-9-11-18(12-10-17)19-13-15-20(21)16-14-19/h2,6-7,9-16H,1,3-5,8H2. The molecular formula is C20H21F. The van der Waals surface area contributed by atoms with E-state index in [1.165, 1.54) is 24.1 Å². The predicted molar refractivity (Wildman–Crippen MR) is 88.7 cm³/mol. The van der Waals surface area contributed by atoms with E-state index in [-0.39, 0.29) is 5.82 Å². The maximum absolute atomic E-state index is 12.9. The minimum absolute atomic E-state index is 0.197. The molecule has 0 aliphatic rings. The first-order chi connectivity index (χ1) is 10.3. The minimum Gasteiger partial charge on any atom is -0.207 e. The van der Waals surface area contributed by atoms with Gasteiger partial charge in [-0.15, -0.1) is 6.58 Å². The lowest BCUT2D eigenvalue weighted by atomic mass is 10.0. The summed E-state index contributed by atoms with van der Waals surface area (Å²) >= 11 is 0. The second-order valence-corrected chi connectivity index (χ2v) is 5.10. The van der Waals surface area contributed by atoms with E-state index in [9.17, 15) is 4.39 Å². The predicted octanol–water partition coefficient (Wildman–Crippen LogP) is 5.95. The summed E-state index contributed by atoms with van der Waals surface area (Å²) < 4.78 is 12.9. The Hall–Kier alpha value is -2.15. The van der Waals surface area contributed by atoms with E-state index in [2.05, 4.69) is 43.0 Å². The van der Waals surface area contributed by atoms with Crippen LogP contribution in [-0.4, -0.2) is 0 Å². The van der Waals surface area contributed by atoms with Crippen molar-refractivity contribution in [3.63, 3.8) is 0 Å². The van der Waals surface area contributed by atoms with Gasteiger partial charge < -0.3 is 0 Å². The van der Waals surface area contributed by atoms with Crippen LogP contribution in [0.5, 0.6) is 0 Å². The van der Waals surface area contributed by atoms with E-state index in [0.717, 1.165) is 30.4 Å². The lowest BCUT2D eigenvalue weighted by Gasteiger charge is -2.03. The van der Waals surface area contributed by atoms with E-state index in [1.54, 1.807) is 0 Å². The molecule has 2 aromatic carbocycles. The molecule has 0 amide bonds. The second kappa shape index (κ2) is 8.21. The van der Waals surface area contributed by atoms with Gasteiger partial charge in [-0.25, -0.2) is 4.39 Å². The number of halogens is 1. The largest absolute Gasteiger partial charge is 0.207 e. The molecule has 0 nitrogen and oxygen atoms in total. The topological polar surface area (TPSA) is 0 Å². The fourth-order valence-electron chi connectivity index (χ4n) is 2.19. The third-order valence-corrected chi connectivity index (χ3v) is 3.43. The highest BCUT2D eigenvalue weighted by Crippen LogP contribution is 2.20. The Kier molecular flexibility index (Phi) is 5.96. The van der Waals surface area contributed by atoms with Crippen molar-refractivity contribution in [1.29, 1.82) is 0 Å². The lowest BCUT2D eigenvalue weighted by molar-refractivity contribution is 0.628. The molecule has 0 spiro atoms. The first-order valence-corrected chi connectivity index (χ1v) is 7.40. The summed E-state index contributed by atoms with van der Waals surface area (Å²) in [6.45, 7) is 3.72. The zero-order valence-electron chi connectivity index (χ0n) is 12.3. The molecule has 0 radical (unpaired) electrons. The van der Waals surface area contributed by atoms with Gasteiger partial charge in [0.15, 0.2) is 0 Å². The Balaban J connectivity index is 1.90. The number of allylic oxidation sites excluding steroid dienone is 3. The van der Waals surface area contributed by atoms with E-state index in [4.69, 9.17) is 0 Å². The molecule has 0 N–H and O–H groups in total. The molecule has 0 aromatic heterocycles. The third-order valence-electron chi connectivity index (χ3n) is 3.43. The Morgan fingerprint density at radius 2 is 1.43 bits per heavy atom. The minimum atomic E-state index is -0.197. The van der Waals surface area contributed by atoms with Crippen molar-refractivity contribution in [1.82, 2.24) is 0 Å². The Morgan fingerprint density at radius 3 is 2.05 bits per heavy atom. The van der Waals surface area contributed by atoms with Crippen LogP contribution in [0.25, 0.3) is 11.1 Å². The Bertz CT molecular complexity index is 576. The number of rotatable bonds is 7. The van der Waals surface area contributed by atoms with Crippen LogP contribution in [0.2, 0.25) is 0 Å². The van der Waals surface area contributed by atoms with E-state index >= 15 is 0 Å². The van der Waals surface area contributed by atoms with Gasteiger partial charge in [0.05, 0.1) is 0 Å². The molecule has 0 unspecified atom stereocenters. The molecular weight excluding hydrogens is 259 g/mol. The quantitative estimate of drug-likeness (QED) is 0.434. The van der Waals surface area contributed by atoms with Crippen LogP contribution in [0.4, 0.5) is 4.39 Å². The van der Waals surface area contributed by atoms with Crippen molar-refractivity contribution >= 4 is 0 Å². The number of unbranched alkanes of at least 4 members (excludes halogenated alkanes) is 2. The summed E-state index contributed by atoms with van der Waals surface area (Å²) in [6.07, 6.45) is 10.7. The van der Waals surface area contributed by atoms with Crippen LogP contribution in [0.15, 0.2) is 73.3 Å². The molecule has 0 bridgehead atoms. The fourth-order valence-corrected chi connectivity index (χ4v) is 2.19. The van der Waals surface area contributed by atoms with E-state index in [1.807, 2.05) is 18.2 Å². The van der Waals surface area contributed by atoms with Crippen molar-refractivity contribution in [2.45, 2.75) is 25.7 Å². The molecule has 1 heteroatoms. The molecule has 0 aliphatic carbocycles. The zero-order valence-corrected chi connectivity index (χ0v) is 12.3. The third kappa shape index (κ3) is 5.03. The molecule has 0 atom stereocenters. The van der Waals surface area contributed by atoms with E-state index in [0.29, 0.717) is 0 Å². The monoisotopic (exact) mass is 280 g/mol. The van der Waals surface area contributed by atoms with Crippen LogP contribution < -0.4 is 0 Å². The maximum Gasteiger partial charge on any atom is 0.123 e. The molecule has 0 saturated heterocycles. The number of hydrogen-bond acceptors (Lipinski definition) is 0. The molecule has 108 valence electrons. The summed E-state index contributed by atoms with van der Waals surface area (Å²) in [4.78, 5) is 0. The van der Waals surface area contributed by atoms with Gasteiger partial charge in [0.2, 0.25) is 0 Å².